The molecule has 6 heteroatoms. The molecule has 3 rings (SSSR count). The van der Waals surface area contributed by atoms with E-state index in [0.29, 0.717) is 5.82 Å². The predicted octanol–water partition coefficient (Wildman–Crippen LogP) is 2.96. The Bertz CT molecular complexity index is 715. The Morgan fingerprint density at radius 3 is 2.86 bits per heavy atom. The van der Waals surface area contributed by atoms with Crippen LogP contribution in [0.2, 0.25) is 0 Å². The Hall–Kier alpha value is -2.63. The van der Waals surface area contributed by atoms with Crippen molar-refractivity contribution < 1.29 is 4.92 Å². The predicted molar refractivity (Wildman–Crippen MR) is 81.8 cm³/mol. The fourth-order valence-corrected chi connectivity index (χ4v) is 2.73. The minimum atomic E-state index is -0.514. The molecule has 108 valence electrons. The molecule has 0 fully saturated rings. The normalized spacial score (nSPS) is 13.9. The van der Waals surface area contributed by atoms with Crippen molar-refractivity contribution in [1.82, 2.24) is 4.98 Å². The number of nitrogens with zero attached hydrogens (tertiary/aromatic N) is 3. The molecule has 2 aromatic rings. The standard InChI is InChI=1S/C15H16N4O2/c1-10-4-5-12-11(9-10)3-2-8-18(12)14-7-6-13(19(20)21)15(16)17-14/h4-7,9H,2-3,8H2,1H3,(H2,16,17). The first-order valence-electron chi connectivity index (χ1n) is 6.84. The third-order valence-corrected chi connectivity index (χ3v) is 3.71. The van der Waals surface area contributed by atoms with Crippen LogP contribution < -0.4 is 10.6 Å². The van der Waals surface area contributed by atoms with Gasteiger partial charge in [0, 0.05) is 18.3 Å². The first kappa shape index (κ1) is 13.4. The zero-order valence-corrected chi connectivity index (χ0v) is 11.7. The smallest absolute Gasteiger partial charge is 0.311 e. The molecule has 1 aliphatic rings. The lowest BCUT2D eigenvalue weighted by molar-refractivity contribution is -0.384. The van der Waals surface area contributed by atoms with Crippen LogP contribution in [0.5, 0.6) is 0 Å². The summed E-state index contributed by atoms with van der Waals surface area (Å²) in [5.74, 6) is 0.611. The minimum Gasteiger partial charge on any atom is -0.378 e. The second kappa shape index (κ2) is 5.05. The summed E-state index contributed by atoms with van der Waals surface area (Å²) in [7, 11) is 0. The van der Waals surface area contributed by atoms with E-state index in [9.17, 15) is 10.1 Å². The van der Waals surface area contributed by atoms with Crippen LogP contribution in [0.4, 0.5) is 23.0 Å². The van der Waals surface area contributed by atoms with E-state index >= 15 is 0 Å². The van der Waals surface area contributed by atoms with Gasteiger partial charge in [0.25, 0.3) is 0 Å². The highest BCUT2D eigenvalue weighted by Gasteiger charge is 2.21. The molecule has 0 saturated carbocycles. The molecule has 0 saturated heterocycles. The average Bonchev–Trinajstić information content (AvgIpc) is 2.45. The van der Waals surface area contributed by atoms with E-state index in [-0.39, 0.29) is 11.5 Å². The molecule has 0 spiro atoms. The number of nitrogen functional groups attached to an aromatic ring is 1. The summed E-state index contributed by atoms with van der Waals surface area (Å²) in [5, 5.41) is 10.8. The van der Waals surface area contributed by atoms with E-state index in [1.165, 1.54) is 17.2 Å². The van der Waals surface area contributed by atoms with E-state index in [4.69, 9.17) is 5.73 Å². The van der Waals surface area contributed by atoms with Crippen LogP contribution in [0.3, 0.4) is 0 Å². The first-order valence-corrected chi connectivity index (χ1v) is 6.84. The summed E-state index contributed by atoms with van der Waals surface area (Å²) < 4.78 is 0. The SMILES string of the molecule is Cc1ccc2c(c1)CCCN2c1ccc([N+](=O)[O-])c(N)n1. The van der Waals surface area contributed by atoms with Crippen LogP contribution in [0.25, 0.3) is 0 Å². The minimum absolute atomic E-state index is 0.0447. The lowest BCUT2D eigenvalue weighted by atomic mass is 9.99. The highest BCUT2D eigenvalue weighted by Crippen LogP contribution is 2.34. The molecular formula is C15H16N4O2. The topological polar surface area (TPSA) is 85.3 Å². The molecule has 1 aromatic carbocycles. The number of hydrogen-bond acceptors (Lipinski definition) is 5. The van der Waals surface area contributed by atoms with Gasteiger partial charge in [-0.3, -0.25) is 10.1 Å². The van der Waals surface area contributed by atoms with E-state index in [2.05, 4.69) is 35.0 Å². The molecule has 1 aromatic heterocycles. The number of rotatable bonds is 2. The summed E-state index contributed by atoms with van der Waals surface area (Å²) in [6.07, 6.45) is 2.06. The van der Waals surface area contributed by atoms with E-state index in [1.807, 2.05) is 0 Å². The Kier molecular flexibility index (Phi) is 3.21. The molecule has 0 aliphatic carbocycles. The van der Waals surface area contributed by atoms with Gasteiger partial charge in [-0.05, 0) is 37.5 Å². The molecule has 6 nitrogen and oxygen atoms in total. The molecule has 0 unspecified atom stereocenters. The van der Waals surface area contributed by atoms with Crippen molar-refractivity contribution in [3.8, 4) is 0 Å². The van der Waals surface area contributed by atoms with Crippen molar-refractivity contribution in [2.75, 3.05) is 17.2 Å². The second-order valence-corrected chi connectivity index (χ2v) is 5.22. The fraction of sp³-hybridized carbons (Fsp3) is 0.267. The Morgan fingerprint density at radius 2 is 2.14 bits per heavy atom. The Balaban J connectivity index is 2.03. The summed E-state index contributed by atoms with van der Waals surface area (Å²) in [4.78, 5) is 16.6. The number of hydrogen-bond donors (Lipinski definition) is 1. The first-order chi connectivity index (χ1) is 10.1. The molecular weight excluding hydrogens is 268 g/mol. The van der Waals surface area contributed by atoms with Gasteiger partial charge in [-0.2, -0.15) is 0 Å². The van der Waals surface area contributed by atoms with Gasteiger partial charge in [-0.25, -0.2) is 4.98 Å². The molecule has 0 atom stereocenters. The Labute approximate surface area is 122 Å². The monoisotopic (exact) mass is 284 g/mol. The number of benzene rings is 1. The van der Waals surface area contributed by atoms with Gasteiger partial charge in [-0.15, -0.1) is 0 Å². The van der Waals surface area contributed by atoms with Crippen LogP contribution in [0.1, 0.15) is 17.5 Å². The fourth-order valence-electron chi connectivity index (χ4n) is 2.73. The van der Waals surface area contributed by atoms with Crippen molar-refractivity contribution in [2.24, 2.45) is 0 Å². The van der Waals surface area contributed by atoms with Crippen LogP contribution in [0.15, 0.2) is 30.3 Å². The largest absolute Gasteiger partial charge is 0.378 e. The molecule has 0 bridgehead atoms. The van der Waals surface area contributed by atoms with Crippen molar-refractivity contribution in [2.45, 2.75) is 19.8 Å². The van der Waals surface area contributed by atoms with E-state index in [0.717, 1.165) is 25.1 Å². The number of nitro groups is 1. The summed E-state index contributed by atoms with van der Waals surface area (Å²) in [6, 6.07) is 9.38. The van der Waals surface area contributed by atoms with Crippen molar-refractivity contribution >= 4 is 23.0 Å². The van der Waals surface area contributed by atoms with Gasteiger partial charge in [0.1, 0.15) is 5.82 Å². The number of fused-ring (bicyclic) bond motifs is 1. The van der Waals surface area contributed by atoms with Gasteiger partial charge in [-0.1, -0.05) is 17.7 Å². The number of aryl methyl sites for hydroxylation is 2. The maximum Gasteiger partial charge on any atom is 0.311 e. The molecule has 2 N–H and O–H groups in total. The van der Waals surface area contributed by atoms with Gasteiger partial charge >= 0.3 is 5.69 Å². The van der Waals surface area contributed by atoms with Crippen LogP contribution >= 0.6 is 0 Å². The van der Waals surface area contributed by atoms with Gasteiger partial charge in [0.2, 0.25) is 5.82 Å². The van der Waals surface area contributed by atoms with Crippen LogP contribution in [0, 0.1) is 17.0 Å². The molecule has 1 aliphatic heterocycles. The average molecular weight is 284 g/mol. The zero-order valence-electron chi connectivity index (χ0n) is 11.7. The highest BCUT2D eigenvalue weighted by molar-refractivity contribution is 5.68. The quantitative estimate of drug-likeness (QED) is 0.677. The summed E-state index contributed by atoms with van der Waals surface area (Å²) in [5.41, 5.74) is 9.15. The second-order valence-electron chi connectivity index (χ2n) is 5.22. The summed E-state index contributed by atoms with van der Waals surface area (Å²) >= 11 is 0. The molecule has 2 heterocycles. The molecule has 0 radical (unpaired) electrons. The third kappa shape index (κ3) is 2.40. The van der Waals surface area contributed by atoms with E-state index in [1.54, 1.807) is 6.07 Å². The van der Waals surface area contributed by atoms with Gasteiger partial charge in [0.15, 0.2) is 0 Å². The number of nitrogens with two attached hydrogens (primary N) is 1. The van der Waals surface area contributed by atoms with Gasteiger partial charge < -0.3 is 10.6 Å². The third-order valence-electron chi connectivity index (χ3n) is 3.71. The van der Waals surface area contributed by atoms with Gasteiger partial charge in [0.05, 0.1) is 4.92 Å². The number of aromatic nitrogens is 1. The molecule has 0 amide bonds. The highest BCUT2D eigenvalue weighted by atomic mass is 16.6. The number of pyridine rings is 1. The van der Waals surface area contributed by atoms with E-state index < -0.39 is 4.92 Å². The number of anilines is 3. The van der Waals surface area contributed by atoms with Crippen LogP contribution in [-0.2, 0) is 6.42 Å². The van der Waals surface area contributed by atoms with Crippen LogP contribution in [-0.4, -0.2) is 16.5 Å². The zero-order chi connectivity index (χ0) is 15.0. The van der Waals surface area contributed by atoms with Crippen molar-refractivity contribution in [3.05, 3.63) is 51.6 Å². The lowest BCUT2D eigenvalue weighted by Crippen LogP contribution is -2.25. The maximum absolute atomic E-state index is 10.8. The van der Waals surface area contributed by atoms with Crippen molar-refractivity contribution in [3.63, 3.8) is 0 Å². The van der Waals surface area contributed by atoms with Crippen molar-refractivity contribution in [1.29, 1.82) is 0 Å². The maximum atomic E-state index is 10.8. The lowest BCUT2D eigenvalue weighted by Gasteiger charge is -2.30. The Morgan fingerprint density at radius 1 is 1.33 bits per heavy atom. The molecule has 21 heavy (non-hydrogen) atoms. The summed E-state index contributed by atoms with van der Waals surface area (Å²) in [6.45, 7) is 2.90.